The van der Waals surface area contributed by atoms with Crippen molar-refractivity contribution in [1.82, 2.24) is 10.6 Å². The summed E-state index contributed by atoms with van der Waals surface area (Å²) in [6.07, 6.45) is 3.05. The summed E-state index contributed by atoms with van der Waals surface area (Å²) < 4.78 is 0. The Hall–Kier alpha value is -3.84. The maximum atomic E-state index is 12.9. The van der Waals surface area contributed by atoms with Crippen molar-refractivity contribution in [3.63, 3.8) is 0 Å². The molecule has 1 aliphatic carbocycles. The second-order valence-corrected chi connectivity index (χ2v) is 7.33. The van der Waals surface area contributed by atoms with Crippen LogP contribution in [-0.4, -0.2) is 23.0 Å². The van der Waals surface area contributed by atoms with Crippen molar-refractivity contribution < 1.29 is 14.7 Å². The first-order chi connectivity index (χ1) is 14.5. The highest BCUT2D eigenvalue weighted by Gasteiger charge is 2.33. The van der Waals surface area contributed by atoms with Gasteiger partial charge < -0.3 is 15.7 Å². The lowest BCUT2D eigenvalue weighted by atomic mass is 9.83. The lowest BCUT2D eigenvalue weighted by Crippen LogP contribution is -2.48. The largest absolute Gasteiger partial charge is 0.508 e. The van der Waals surface area contributed by atoms with Crippen molar-refractivity contribution >= 4 is 11.8 Å². The number of aromatic hydroxyl groups is 1. The van der Waals surface area contributed by atoms with Gasteiger partial charge in [0.2, 0.25) is 5.91 Å². The van der Waals surface area contributed by atoms with E-state index in [0.717, 1.165) is 12.8 Å². The Morgan fingerprint density at radius 3 is 2.47 bits per heavy atom. The standard InChI is InChI=1S/C23H22N4O3/c24-13-15-8-10-16(11-9-15)22(29)26-20-7-2-1-6-19(20)23(30)27-21(14-25)17-4-3-5-18(28)12-17/h3-5,8-12,19-21,28H,1-2,6-7H2,(H,26,29)(H,27,30). The predicted molar refractivity (Wildman–Crippen MR) is 109 cm³/mol. The Bertz CT molecular complexity index is 1000. The highest BCUT2D eigenvalue weighted by atomic mass is 16.3. The van der Waals surface area contributed by atoms with Gasteiger partial charge in [-0.2, -0.15) is 10.5 Å². The molecule has 2 amide bonds. The van der Waals surface area contributed by atoms with Crippen molar-refractivity contribution in [2.24, 2.45) is 5.92 Å². The van der Waals surface area contributed by atoms with E-state index in [0.29, 0.717) is 29.5 Å². The SMILES string of the molecule is N#Cc1ccc(C(=O)NC2CCCCC2C(=O)NC(C#N)c2cccc(O)c2)cc1. The lowest BCUT2D eigenvalue weighted by molar-refractivity contribution is -0.127. The molecule has 3 unspecified atom stereocenters. The van der Waals surface area contributed by atoms with Crippen LogP contribution in [0.15, 0.2) is 48.5 Å². The van der Waals surface area contributed by atoms with E-state index in [1.54, 1.807) is 36.4 Å². The fraction of sp³-hybridized carbons (Fsp3) is 0.304. The summed E-state index contributed by atoms with van der Waals surface area (Å²) in [6.45, 7) is 0. The number of nitriles is 2. The van der Waals surface area contributed by atoms with E-state index in [1.807, 2.05) is 6.07 Å². The van der Waals surface area contributed by atoms with Gasteiger partial charge in [0.25, 0.3) is 5.91 Å². The predicted octanol–water partition coefficient (Wildman–Crippen LogP) is 2.93. The van der Waals surface area contributed by atoms with Crippen LogP contribution in [0.5, 0.6) is 5.75 Å². The molecular weight excluding hydrogens is 380 g/mol. The summed E-state index contributed by atoms with van der Waals surface area (Å²) in [4.78, 5) is 25.5. The number of phenolic OH excluding ortho intramolecular Hbond substituents is 1. The number of carbonyl (C=O) groups excluding carboxylic acids is 2. The highest BCUT2D eigenvalue weighted by Crippen LogP contribution is 2.26. The molecule has 0 spiro atoms. The minimum absolute atomic E-state index is 0.0206. The van der Waals surface area contributed by atoms with Crippen LogP contribution in [0.3, 0.4) is 0 Å². The molecule has 152 valence electrons. The first-order valence-electron chi connectivity index (χ1n) is 9.82. The maximum absolute atomic E-state index is 12.9. The second-order valence-electron chi connectivity index (χ2n) is 7.33. The van der Waals surface area contributed by atoms with Crippen LogP contribution in [0, 0.1) is 28.6 Å². The molecule has 0 aromatic heterocycles. The zero-order valence-corrected chi connectivity index (χ0v) is 16.3. The van der Waals surface area contributed by atoms with Crippen molar-refractivity contribution in [2.75, 3.05) is 0 Å². The molecule has 2 aromatic carbocycles. The number of phenols is 1. The summed E-state index contributed by atoms with van der Waals surface area (Å²) in [6, 6.07) is 15.4. The molecule has 0 saturated heterocycles. The summed E-state index contributed by atoms with van der Waals surface area (Å²) >= 11 is 0. The number of rotatable bonds is 5. The van der Waals surface area contributed by atoms with Gasteiger partial charge in [-0.3, -0.25) is 9.59 Å². The molecule has 0 bridgehead atoms. The first-order valence-corrected chi connectivity index (χ1v) is 9.82. The van der Waals surface area contributed by atoms with E-state index >= 15 is 0 Å². The zero-order valence-electron chi connectivity index (χ0n) is 16.3. The summed E-state index contributed by atoms with van der Waals surface area (Å²) in [5, 5.41) is 33.7. The molecule has 30 heavy (non-hydrogen) atoms. The molecule has 1 fully saturated rings. The van der Waals surface area contributed by atoms with Gasteiger partial charge in [0.15, 0.2) is 0 Å². The molecular formula is C23H22N4O3. The minimum atomic E-state index is -0.888. The van der Waals surface area contributed by atoms with Gasteiger partial charge in [0.1, 0.15) is 11.8 Å². The maximum Gasteiger partial charge on any atom is 0.251 e. The topological polar surface area (TPSA) is 126 Å². The average molecular weight is 402 g/mol. The summed E-state index contributed by atoms with van der Waals surface area (Å²) in [7, 11) is 0. The number of hydrogen-bond donors (Lipinski definition) is 3. The Labute approximate surface area is 174 Å². The fourth-order valence-corrected chi connectivity index (χ4v) is 3.71. The smallest absolute Gasteiger partial charge is 0.251 e. The van der Waals surface area contributed by atoms with Gasteiger partial charge in [-0.1, -0.05) is 25.0 Å². The molecule has 0 aliphatic heterocycles. The van der Waals surface area contributed by atoms with E-state index in [2.05, 4.69) is 16.7 Å². The van der Waals surface area contributed by atoms with Crippen molar-refractivity contribution in [2.45, 2.75) is 37.8 Å². The van der Waals surface area contributed by atoms with Crippen LogP contribution in [-0.2, 0) is 4.79 Å². The van der Waals surface area contributed by atoms with Gasteiger partial charge in [-0.05, 0) is 54.8 Å². The number of amides is 2. The Morgan fingerprint density at radius 1 is 1.07 bits per heavy atom. The van der Waals surface area contributed by atoms with Gasteiger partial charge >= 0.3 is 0 Å². The van der Waals surface area contributed by atoms with Crippen LogP contribution in [0.4, 0.5) is 0 Å². The van der Waals surface area contributed by atoms with Crippen LogP contribution in [0.2, 0.25) is 0 Å². The van der Waals surface area contributed by atoms with E-state index < -0.39 is 12.0 Å². The van der Waals surface area contributed by atoms with E-state index in [4.69, 9.17) is 5.26 Å². The van der Waals surface area contributed by atoms with E-state index in [1.165, 1.54) is 12.1 Å². The third-order valence-electron chi connectivity index (χ3n) is 5.31. The molecule has 3 N–H and O–H groups in total. The molecule has 1 saturated carbocycles. The Balaban J connectivity index is 1.69. The molecule has 0 radical (unpaired) electrons. The quantitative estimate of drug-likeness (QED) is 0.709. The zero-order chi connectivity index (χ0) is 21.5. The number of nitrogens with one attached hydrogen (secondary N) is 2. The van der Waals surface area contributed by atoms with Gasteiger partial charge in [-0.25, -0.2) is 0 Å². The third-order valence-corrected chi connectivity index (χ3v) is 5.31. The average Bonchev–Trinajstić information content (AvgIpc) is 2.77. The van der Waals surface area contributed by atoms with Gasteiger partial charge in [0, 0.05) is 11.6 Å². The molecule has 3 rings (SSSR count). The number of nitrogens with zero attached hydrogens (tertiary/aromatic N) is 2. The molecule has 2 aromatic rings. The summed E-state index contributed by atoms with van der Waals surface area (Å²) in [5.74, 6) is -1.02. The van der Waals surface area contributed by atoms with Crippen molar-refractivity contribution in [1.29, 1.82) is 10.5 Å². The normalized spacial score (nSPS) is 19.0. The number of hydrogen-bond acceptors (Lipinski definition) is 5. The first kappa shape index (κ1) is 20.9. The Kier molecular flexibility index (Phi) is 6.67. The van der Waals surface area contributed by atoms with Crippen LogP contribution >= 0.6 is 0 Å². The van der Waals surface area contributed by atoms with Gasteiger partial charge in [0.05, 0.1) is 23.6 Å². The van der Waals surface area contributed by atoms with Crippen LogP contribution in [0.25, 0.3) is 0 Å². The Morgan fingerprint density at radius 2 is 1.80 bits per heavy atom. The van der Waals surface area contributed by atoms with E-state index in [-0.39, 0.29) is 23.6 Å². The molecule has 3 atom stereocenters. The number of benzene rings is 2. The van der Waals surface area contributed by atoms with Crippen molar-refractivity contribution in [3.8, 4) is 17.9 Å². The molecule has 0 heterocycles. The second kappa shape index (κ2) is 9.58. The lowest BCUT2D eigenvalue weighted by Gasteiger charge is -2.32. The van der Waals surface area contributed by atoms with Crippen LogP contribution in [0.1, 0.15) is 53.2 Å². The minimum Gasteiger partial charge on any atom is -0.508 e. The molecule has 1 aliphatic rings. The fourth-order valence-electron chi connectivity index (χ4n) is 3.71. The van der Waals surface area contributed by atoms with Gasteiger partial charge in [-0.15, -0.1) is 0 Å². The number of carbonyl (C=O) groups is 2. The van der Waals surface area contributed by atoms with Crippen molar-refractivity contribution in [3.05, 3.63) is 65.2 Å². The monoisotopic (exact) mass is 402 g/mol. The van der Waals surface area contributed by atoms with Crippen LogP contribution < -0.4 is 10.6 Å². The highest BCUT2D eigenvalue weighted by molar-refractivity contribution is 5.95. The summed E-state index contributed by atoms with van der Waals surface area (Å²) in [5.41, 5.74) is 1.39. The third kappa shape index (κ3) is 4.95. The molecule has 7 heteroatoms. The van der Waals surface area contributed by atoms with E-state index in [9.17, 15) is 20.0 Å². The molecule has 7 nitrogen and oxygen atoms in total.